The van der Waals surface area contributed by atoms with E-state index in [9.17, 15) is 22.7 Å². The number of ketones is 1. The van der Waals surface area contributed by atoms with Crippen molar-refractivity contribution in [3.8, 4) is 0 Å². The smallest absolute Gasteiger partial charge is 0.333 e. The number of benzene rings is 1. The number of anilines is 1. The number of carbonyl (C=O) groups is 1. The molecule has 5 rings (SSSR count). The van der Waals surface area contributed by atoms with Crippen LogP contribution in [0.1, 0.15) is 51.1 Å². The second kappa shape index (κ2) is 10.5. The minimum Gasteiger partial charge on any atom is -0.457 e. The number of aliphatic hydroxyl groups is 1. The van der Waals surface area contributed by atoms with Crippen LogP contribution in [-0.2, 0) is 25.6 Å². The lowest BCUT2D eigenvalue weighted by Gasteiger charge is -2.25. The van der Waals surface area contributed by atoms with Crippen molar-refractivity contribution in [3.63, 3.8) is 0 Å². The molecule has 1 aromatic carbocycles. The Morgan fingerprint density at radius 1 is 1.32 bits per heavy atom. The van der Waals surface area contributed by atoms with Crippen LogP contribution in [0.5, 0.6) is 0 Å². The van der Waals surface area contributed by atoms with Crippen LogP contribution in [-0.4, -0.2) is 60.8 Å². The number of fused-ring (bicyclic) bond motifs is 1. The van der Waals surface area contributed by atoms with Gasteiger partial charge in [0.1, 0.15) is 30.2 Å². The quantitative estimate of drug-likeness (QED) is 0.356. The first-order valence-electron chi connectivity index (χ1n) is 12.0. The summed E-state index contributed by atoms with van der Waals surface area (Å²) in [5, 5.41) is 17.9. The van der Waals surface area contributed by atoms with Gasteiger partial charge in [-0.3, -0.25) is 8.98 Å². The molecule has 202 valence electrons. The number of ether oxygens (including phenoxy) is 1. The molecule has 5 atom stereocenters. The molecule has 0 radical (unpaired) electrons. The Morgan fingerprint density at radius 2 is 2.11 bits per heavy atom. The van der Waals surface area contributed by atoms with E-state index in [1.165, 1.54) is 18.1 Å². The Balaban J connectivity index is 1.36. The molecule has 13 heteroatoms. The summed E-state index contributed by atoms with van der Waals surface area (Å²) in [6, 6.07) is 8.62. The number of carbonyl (C=O) groups excluding carboxylic acids is 1. The van der Waals surface area contributed by atoms with Gasteiger partial charge < -0.3 is 19.6 Å². The number of rotatable bonds is 8. The topological polar surface area (TPSA) is 167 Å². The second-order valence-corrected chi connectivity index (χ2v) is 10.6. The average Bonchev–Trinajstić information content (AvgIpc) is 3.41. The molecule has 2 aliphatic rings. The molecule has 1 aliphatic carbocycles. The van der Waals surface area contributed by atoms with Crippen LogP contribution < -0.4 is 10.5 Å². The van der Waals surface area contributed by atoms with E-state index in [0.29, 0.717) is 12.4 Å². The molecule has 1 unspecified atom stereocenters. The van der Waals surface area contributed by atoms with Crippen LogP contribution in [0.4, 0.5) is 10.2 Å². The molecule has 38 heavy (non-hydrogen) atoms. The summed E-state index contributed by atoms with van der Waals surface area (Å²) in [7, 11) is -4.24. The molecule has 1 fully saturated rings. The van der Waals surface area contributed by atoms with Crippen molar-refractivity contribution < 1.29 is 36.0 Å². The summed E-state index contributed by atoms with van der Waals surface area (Å²) in [6.07, 6.45) is -0.345. The number of hydrogen-bond acceptors (Lipinski definition) is 10. The van der Waals surface area contributed by atoms with E-state index in [0.717, 1.165) is 17.5 Å². The zero-order chi connectivity index (χ0) is 27.0. The number of nitrogens with zero attached hydrogens (tertiary/aromatic N) is 2. The van der Waals surface area contributed by atoms with Gasteiger partial charge in [0.25, 0.3) is 0 Å². The van der Waals surface area contributed by atoms with Gasteiger partial charge in [-0.2, -0.15) is 8.42 Å². The van der Waals surface area contributed by atoms with Gasteiger partial charge in [-0.1, -0.05) is 24.3 Å². The van der Waals surface area contributed by atoms with E-state index in [1.54, 1.807) is 13.0 Å². The van der Waals surface area contributed by atoms with E-state index in [4.69, 9.17) is 14.3 Å². The van der Waals surface area contributed by atoms with Crippen LogP contribution in [0.15, 0.2) is 47.3 Å². The Kier molecular flexibility index (Phi) is 7.29. The van der Waals surface area contributed by atoms with E-state index >= 15 is 0 Å². The molecule has 0 spiro atoms. The molecule has 2 aromatic heterocycles. The Bertz CT molecular complexity index is 1450. The third kappa shape index (κ3) is 5.33. The number of hydrogen-bond donors (Lipinski definition) is 3. The fourth-order valence-corrected chi connectivity index (χ4v) is 5.38. The summed E-state index contributed by atoms with van der Waals surface area (Å²) in [6.45, 7) is 1.82. The summed E-state index contributed by atoms with van der Waals surface area (Å²) >= 11 is 0. The molecule has 11 nitrogen and oxygen atoms in total. The standard InChI is InChI=1S/C25H27FN4O7S/c1-13-17(24-16-5-3-2-4-14(16)6-7-35-24)9-20(37-13)23(32)18-10-28-12-29-25(18)30-19-8-15(22(31)21(19)26)11-36-38(27,33)34/h2-5,9-10,12,15,19,21-22,24,31H,6-8,11H2,1H3,(H2,27,33,34)(H,28,29,30)/t15-,19-,21-,22-,24?/m1/s1. The van der Waals surface area contributed by atoms with Gasteiger partial charge in [-0.15, -0.1) is 0 Å². The van der Waals surface area contributed by atoms with Crippen molar-refractivity contribution in [1.82, 2.24) is 9.97 Å². The van der Waals surface area contributed by atoms with Gasteiger partial charge >= 0.3 is 10.3 Å². The number of aryl methyl sites for hydroxylation is 1. The van der Waals surface area contributed by atoms with Crippen LogP contribution in [0.25, 0.3) is 0 Å². The van der Waals surface area contributed by atoms with Crippen molar-refractivity contribution in [2.45, 2.75) is 44.2 Å². The maximum absolute atomic E-state index is 14.9. The van der Waals surface area contributed by atoms with Gasteiger partial charge in [0.15, 0.2) is 5.76 Å². The Labute approximate surface area is 218 Å². The Hall–Kier alpha value is -3.23. The average molecular weight is 547 g/mol. The molecular weight excluding hydrogens is 519 g/mol. The number of aliphatic hydroxyl groups excluding tert-OH is 1. The molecule has 4 N–H and O–H groups in total. The number of halogens is 1. The lowest BCUT2D eigenvalue weighted by molar-refractivity contribution is 0.0501. The minimum atomic E-state index is -4.24. The maximum atomic E-state index is 14.9. The highest BCUT2D eigenvalue weighted by Gasteiger charge is 2.44. The molecule has 0 saturated heterocycles. The third-order valence-electron chi connectivity index (χ3n) is 6.93. The zero-order valence-corrected chi connectivity index (χ0v) is 21.2. The van der Waals surface area contributed by atoms with Crippen molar-refractivity contribution in [1.29, 1.82) is 0 Å². The van der Waals surface area contributed by atoms with Gasteiger partial charge in [-0.05, 0) is 37.0 Å². The van der Waals surface area contributed by atoms with Crippen molar-refractivity contribution in [2.75, 3.05) is 18.5 Å². The number of nitrogens with one attached hydrogen (secondary N) is 1. The predicted octanol–water partition coefficient (Wildman–Crippen LogP) is 1.99. The highest BCUT2D eigenvalue weighted by molar-refractivity contribution is 7.84. The number of alkyl halides is 1. The number of furan rings is 1. The van der Waals surface area contributed by atoms with Gasteiger partial charge in [0.05, 0.1) is 30.9 Å². The van der Waals surface area contributed by atoms with Gasteiger partial charge in [0.2, 0.25) is 5.78 Å². The molecule has 0 amide bonds. The molecule has 3 heterocycles. The van der Waals surface area contributed by atoms with E-state index in [-0.39, 0.29) is 29.7 Å². The third-order valence-corrected chi connectivity index (χ3v) is 7.40. The Morgan fingerprint density at radius 3 is 2.89 bits per heavy atom. The van der Waals surface area contributed by atoms with E-state index in [2.05, 4.69) is 25.5 Å². The summed E-state index contributed by atoms with van der Waals surface area (Å²) in [5.41, 5.74) is 2.96. The SMILES string of the molecule is Cc1oc(C(=O)c2cncnc2N[C@@H]2C[C@H](COS(N)(=O)=O)[C@@H](O)[C@@H]2F)cc1C1OCCc2ccccc21. The molecule has 1 aliphatic heterocycles. The number of aromatic nitrogens is 2. The molecule has 1 saturated carbocycles. The molecular formula is C25H27FN4O7S. The van der Waals surface area contributed by atoms with Crippen LogP contribution in [0.2, 0.25) is 0 Å². The first-order valence-corrected chi connectivity index (χ1v) is 13.5. The first kappa shape index (κ1) is 26.4. The highest BCUT2D eigenvalue weighted by atomic mass is 32.2. The maximum Gasteiger partial charge on any atom is 0.333 e. The zero-order valence-electron chi connectivity index (χ0n) is 20.4. The van der Waals surface area contributed by atoms with E-state index < -0.39 is 46.9 Å². The lowest BCUT2D eigenvalue weighted by Crippen LogP contribution is -2.33. The second-order valence-electron chi connectivity index (χ2n) is 9.39. The lowest BCUT2D eigenvalue weighted by atomic mass is 9.93. The fraction of sp³-hybridized carbons (Fsp3) is 0.400. The van der Waals surface area contributed by atoms with E-state index in [1.807, 2.05) is 18.2 Å². The molecule has 0 bridgehead atoms. The fourth-order valence-electron chi connectivity index (χ4n) is 5.02. The van der Waals surface area contributed by atoms with Crippen LogP contribution >= 0.6 is 0 Å². The summed E-state index contributed by atoms with van der Waals surface area (Å²) in [5.74, 6) is -0.732. The highest BCUT2D eigenvalue weighted by Crippen LogP contribution is 2.37. The summed E-state index contributed by atoms with van der Waals surface area (Å²) in [4.78, 5) is 21.5. The monoisotopic (exact) mass is 546 g/mol. The summed E-state index contributed by atoms with van der Waals surface area (Å²) < 4.78 is 53.4. The predicted molar refractivity (Wildman–Crippen MR) is 132 cm³/mol. The first-order chi connectivity index (χ1) is 18.1. The van der Waals surface area contributed by atoms with Gasteiger partial charge in [0, 0.05) is 17.7 Å². The number of nitrogens with two attached hydrogens (primary N) is 1. The molecule has 3 aromatic rings. The van der Waals surface area contributed by atoms with Crippen LogP contribution in [0.3, 0.4) is 0 Å². The van der Waals surface area contributed by atoms with Gasteiger partial charge in [-0.25, -0.2) is 19.5 Å². The van der Waals surface area contributed by atoms with Crippen LogP contribution in [0, 0.1) is 12.8 Å². The van der Waals surface area contributed by atoms with Crippen molar-refractivity contribution >= 4 is 21.9 Å². The minimum absolute atomic E-state index is 0.0118. The largest absolute Gasteiger partial charge is 0.457 e. The van der Waals surface area contributed by atoms with Crippen molar-refractivity contribution in [3.05, 3.63) is 76.6 Å². The van der Waals surface area contributed by atoms with Crippen molar-refractivity contribution in [2.24, 2.45) is 11.1 Å². The normalized spacial score (nSPS) is 25.2.